The first-order chi connectivity index (χ1) is 15.2. The second-order valence-electron chi connectivity index (χ2n) is 8.25. The summed E-state index contributed by atoms with van der Waals surface area (Å²) in [4.78, 5) is 0. The van der Waals surface area contributed by atoms with E-state index < -0.39 is 15.7 Å². The fourth-order valence-corrected chi connectivity index (χ4v) is 3.93. The van der Waals surface area contributed by atoms with E-state index in [2.05, 4.69) is 16.6 Å². The van der Waals surface area contributed by atoms with Gasteiger partial charge in [-0.3, -0.25) is 0 Å². The van der Waals surface area contributed by atoms with Crippen LogP contribution in [0.4, 0.5) is 0 Å². The Labute approximate surface area is 203 Å². The highest BCUT2D eigenvalue weighted by atomic mass is 35.5. The highest BCUT2D eigenvalue weighted by Crippen LogP contribution is 2.26. The van der Waals surface area contributed by atoms with Crippen LogP contribution in [-0.2, 0) is 11.0 Å². The van der Waals surface area contributed by atoms with Crippen molar-refractivity contribution in [3.8, 4) is 11.8 Å². The zero-order valence-electron chi connectivity index (χ0n) is 18.2. The van der Waals surface area contributed by atoms with E-state index in [-0.39, 0.29) is 6.04 Å². The lowest BCUT2D eigenvalue weighted by Gasteiger charge is -2.25. The molecule has 0 fully saturated rings. The lowest BCUT2D eigenvalue weighted by Crippen LogP contribution is -2.36. The van der Waals surface area contributed by atoms with Crippen LogP contribution in [0.2, 0.25) is 10.0 Å². The van der Waals surface area contributed by atoms with Crippen LogP contribution >= 0.6 is 23.2 Å². The van der Waals surface area contributed by atoms with Crippen LogP contribution in [0.15, 0.2) is 84.4 Å². The monoisotopic (exact) mass is 481 g/mol. The summed E-state index contributed by atoms with van der Waals surface area (Å²) >= 11 is 12.1. The molecule has 0 saturated carbocycles. The lowest BCUT2D eigenvalue weighted by molar-refractivity contribution is 0.624. The van der Waals surface area contributed by atoms with Crippen LogP contribution in [0.3, 0.4) is 0 Å². The molecule has 0 heterocycles. The summed E-state index contributed by atoms with van der Waals surface area (Å²) in [5, 5.41) is 1.33. The molecule has 2 nitrogen and oxygen atoms in total. The van der Waals surface area contributed by atoms with E-state index in [1.54, 1.807) is 0 Å². The molecule has 3 rings (SSSR count). The van der Waals surface area contributed by atoms with Crippen molar-refractivity contribution in [2.75, 3.05) is 0 Å². The van der Waals surface area contributed by atoms with Crippen LogP contribution in [0.25, 0.3) is 6.08 Å². The Bertz CT molecular complexity index is 1150. The summed E-state index contributed by atoms with van der Waals surface area (Å²) < 4.78 is 15.9. The molecule has 0 aliphatic heterocycles. The molecule has 0 spiro atoms. The van der Waals surface area contributed by atoms with E-state index in [9.17, 15) is 4.21 Å². The van der Waals surface area contributed by atoms with Gasteiger partial charge in [0.2, 0.25) is 0 Å². The minimum atomic E-state index is -1.30. The summed E-state index contributed by atoms with van der Waals surface area (Å²) in [7, 11) is -1.30. The third-order valence-corrected chi connectivity index (χ3v) is 6.68. The van der Waals surface area contributed by atoms with E-state index in [4.69, 9.17) is 23.2 Å². The van der Waals surface area contributed by atoms with E-state index in [0.29, 0.717) is 10.0 Å². The van der Waals surface area contributed by atoms with Gasteiger partial charge in [-0.1, -0.05) is 77.5 Å². The summed E-state index contributed by atoms with van der Waals surface area (Å²) in [6.45, 7) is 5.83. The van der Waals surface area contributed by atoms with Crippen LogP contribution in [-0.4, -0.2) is 8.96 Å². The van der Waals surface area contributed by atoms with Crippen molar-refractivity contribution in [3.63, 3.8) is 0 Å². The minimum absolute atomic E-state index is 0.355. The standard InChI is InChI=1S/C27H25Cl2NOS/c1-27(2,3)32(31)30-26(22-7-5-4-6-8-22)23(19-21-12-17-25(29)18-13-21)14-9-20-10-15-24(28)16-11-20/h4-8,10-13,15-19,26,30H,1-3H3/b23-19+/t26-,32-/m1/s1. The van der Waals surface area contributed by atoms with E-state index in [1.165, 1.54) is 0 Å². The Kier molecular flexibility index (Phi) is 8.34. The highest BCUT2D eigenvalue weighted by molar-refractivity contribution is 7.84. The summed E-state index contributed by atoms with van der Waals surface area (Å²) in [6.07, 6.45) is 2.00. The number of halogens is 2. The normalized spacial score (nSPS) is 13.7. The Balaban J connectivity index is 2.11. The van der Waals surface area contributed by atoms with Gasteiger partial charge in [-0.15, -0.1) is 0 Å². The van der Waals surface area contributed by atoms with Gasteiger partial charge >= 0.3 is 0 Å². The van der Waals surface area contributed by atoms with Gasteiger partial charge < -0.3 is 0 Å². The molecule has 0 bridgehead atoms. The largest absolute Gasteiger partial charge is 0.242 e. The Morgan fingerprint density at radius 2 is 1.47 bits per heavy atom. The molecule has 0 amide bonds. The van der Waals surface area contributed by atoms with Crippen LogP contribution in [0.1, 0.15) is 43.5 Å². The molecular weight excluding hydrogens is 457 g/mol. The van der Waals surface area contributed by atoms with E-state index >= 15 is 0 Å². The molecule has 32 heavy (non-hydrogen) atoms. The first kappa shape index (κ1) is 24.3. The van der Waals surface area contributed by atoms with Gasteiger partial charge in [0.05, 0.1) is 21.8 Å². The number of rotatable bonds is 5. The molecule has 5 heteroatoms. The van der Waals surface area contributed by atoms with Crippen molar-refractivity contribution in [1.82, 2.24) is 4.72 Å². The van der Waals surface area contributed by atoms with E-state index in [1.807, 2.05) is 106 Å². The molecule has 1 N–H and O–H groups in total. The molecule has 0 aliphatic rings. The smallest absolute Gasteiger partial charge is 0.0979 e. The third-order valence-electron chi connectivity index (χ3n) is 4.61. The maximum Gasteiger partial charge on any atom is 0.0979 e. The maximum absolute atomic E-state index is 13.1. The highest BCUT2D eigenvalue weighted by Gasteiger charge is 2.25. The van der Waals surface area contributed by atoms with Gasteiger partial charge in [0.25, 0.3) is 0 Å². The molecule has 3 aromatic rings. The summed E-state index contributed by atoms with van der Waals surface area (Å²) in [5.74, 6) is 6.54. The third kappa shape index (κ3) is 7.08. The SMILES string of the molecule is CC(C)(C)[S@@](=O)N[C@@H](/C(C#Cc1ccc(Cl)cc1)=C/c1ccc(Cl)cc1)c1ccccc1. The van der Waals surface area contributed by atoms with Crippen LogP contribution in [0.5, 0.6) is 0 Å². The second-order valence-corrected chi connectivity index (χ2v) is 11.1. The Hall–Kier alpha value is -2.35. The molecule has 0 aromatic heterocycles. The topological polar surface area (TPSA) is 29.1 Å². The Morgan fingerprint density at radius 3 is 2.03 bits per heavy atom. The molecule has 0 unspecified atom stereocenters. The lowest BCUT2D eigenvalue weighted by atomic mass is 9.97. The first-order valence-corrected chi connectivity index (χ1v) is 12.1. The fraction of sp³-hybridized carbons (Fsp3) is 0.185. The molecule has 0 aliphatic carbocycles. The zero-order valence-corrected chi connectivity index (χ0v) is 20.6. The second kappa shape index (κ2) is 11.0. The van der Waals surface area contributed by atoms with Gasteiger partial charge in [0.15, 0.2) is 0 Å². The summed E-state index contributed by atoms with van der Waals surface area (Å²) in [5.41, 5.74) is 3.58. The van der Waals surface area contributed by atoms with Gasteiger partial charge in [-0.2, -0.15) is 0 Å². The minimum Gasteiger partial charge on any atom is -0.242 e. The Morgan fingerprint density at radius 1 is 0.906 bits per heavy atom. The quantitative estimate of drug-likeness (QED) is 0.382. The molecule has 3 aromatic carbocycles. The van der Waals surface area contributed by atoms with Gasteiger partial charge in [-0.25, -0.2) is 8.93 Å². The number of hydrogen-bond acceptors (Lipinski definition) is 1. The molecule has 164 valence electrons. The number of benzene rings is 3. The predicted molar refractivity (Wildman–Crippen MR) is 138 cm³/mol. The van der Waals surface area contributed by atoms with Crippen LogP contribution in [0, 0.1) is 11.8 Å². The maximum atomic E-state index is 13.1. The molecule has 0 radical (unpaired) electrons. The zero-order chi connectivity index (χ0) is 23.1. The summed E-state index contributed by atoms with van der Waals surface area (Å²) in [6, 6.07) is 24.5. The van der Waals surface area contributed by atoms with Crippen molar-refractivity contribution in [3.05, 3.63) is 111 Å². The van der Waals surface area contributed by atoms with Crippen molar-refractivity contribution < 1.29 is 4.21 Å². The molecule has 0 saturated heterocycles. The van der Waals surface area contributed by atoms with Gasteiger partial charge in [-0.05, 0) is 74.4 Å². The van der Waals surface area contributed by atoms with Crippen molar-refractivity contribution in [2.45, 2.75) is 31.6 Å². The van der Waals surface area contributed by atoms with Crippen LogP contribution < -0.4 is 4.72 Å². The number of hydrogen-bond donors (Lipinski definition) is 1. The van der Waals surface area contributed by atoms with E-state index in [0.717, 1.165) is 22.3 Å². The van der Waals surface area contributed by atoms with Crippen molar-refractivity contribution in [1.29, 1.82) is 0 Å². The predicted octanol–water partition coefficient (Wildman–Crippen LogP) is 7.22. The fourth-order valence-electron chi connectivity index (χ4n) is 2.85. The van der Waals surface area contributed by atoms with Crippen molar-refractivity contribution in [2.24, 2.45) is 0 Å². The average Bonchev–Trinajstić information content (AvgIpc) is 2.77. The number of nitrogens with one attached hydrogen (secondary N) is 1. The first-order valence-electron chi connectivity index (χ1n) is 10.2. The van der Waals surface area contributed by atoms with Crippen molar-refractivity contribution >= 4 is 40.3 Å². The van der Waals surface area contributed by atoms with Gasteiger partial charge in [0, 0.05) is 21.2 Å². The average molecular weight is 482 g/mol. The molecule has 2 atom stereocenters. The van der Waals surface area contributed by atoms with Gasteiger partial charge in [0.1, 0.15) is 0 Å². The molecular formula is C27H25Cl2NOS.